The van der Waals surface area contributed by atoms with Crippen molar-refractivity contribution in [3.63, 3.8) is 0 Å². The lowest BCUT2D eigenvalue weighted by atomic mass is 10.3. The number of halogens is 1. The minimum absolute atomic E-state index is 0.112. The van der Waals surface area contributed by atoms with Gasteiger partial charge in [0.15, 0.2) is 5.65 Å². The van der Waals surface area contributed by atoms with Crippen molar-refractivity contribution in [2.45, 2.75) is 0 Å². The lowest BCUT2D eigenvalue weighted by Gasteiger charge is -2.13. The predicted octanol–water partition coefficient (Wildman–Crippen LogP) is 2.86. The molecule has 0 aliphatic carbocycles. The van der Waals surface area contributed by atoms with Gasteiger partial charge in [-0.05, 0) is 23.7 Å². The normalized spacial score (nSPS) is 10.8. The molecular formula is C13H12ClN5O. The van der Waals surface area contributed by atoms with Crippen LogP contribution in [0.4, 0.5) is 5.69 Å². The highest BCUT2D eigenvalue weighted by atomic mass is 35.5. The smallest absolute Gasteiger partial charge is 0.234 e. The quantitative estimate of drug-likeness (QED) is 0.751. The summed E-state index contributed by atoms with van der Waals surface area (Å²) in [5.74, 6) is 1.05. The fraction of sp³-hybridized carbons (Fsp3) is 0.154. The van der Waals surface area contributed by atoms with Crippen LogP contribution >= 0.6 is 11.6 Å². The summed E-state index contributed by atoms with van der Waals surface area (Å²) in [7, 11) is 3.93. The molecule has 0 unspecified atom stereocenters. The zero-order valence-electron chi connectivity index (χ0n) is 11.0. The number of hydrogen-bond acceptors (Lipinski definition) is 5. The van der Waals surface area contributed by atoms with Gasteiger partial charge in [-0.1, -0.05) is 6.07 Å². The molecule has 20 heavy (non-hydrogen) atoms. The minimum Gasteiger partial charge on any atom is -0.438 e. The first kappa shape index (κ1) is 12.7. The third-order valence-electron chi connectivity index (χ3n) is 2.80. The average molecular weight is 290 g/mol. The maximum absolute atomic E-state index is 5.87. The van der Waals surface area contributed by atoms with Crippen LogP contribution in [0, 0.1) is 0 Å². The SMILES string of the molecule is CN(C)c1cccc(Oc2nc(Cl)nc3[nH]ncc23)c1. The third-order valence-corrected chi connectivity index (χ3v) is 2.97. The number of fused-ring (bicyclic) bond motifs is 1. The monoisotopic (exact) mass is 289 g/mol. The molecule has 2 heterocycles. The maximum Gasteiger partial charge on any atom is 0.234 e. The van der Waals surface area contributed by atoms with Crippen molar-refractivity contribution in [3.05, 3.63) is 35.7 Å². The second-order valence-corrected chi connectivity index (χ2v) is 4.76. The molecule has 1 N–H and O–H groups in total. The van der Waals surface area contributed by atoms with E-state index in [0.29, 0.717) is 22.7 Å². The average Bonchev–Trinajstić information content (AvgIpc) is 2.87. The van der Waals surface area contributed by atoms with Gasteiger partial charge in [0.1, 0.15) is 11.1 Å². The molecule has 0 aliphatic rings. The Labute approximate surface area is 120 Å². The summed E-state index contributed by atoms with van der Waals surface area (Å²) in [4.78, 5) is 10.1. The van der Waals surface area contributed by atoms with E-state index in [4.69, 9.17) is 16.3 Å². The molecule has 2 aromatic heterocycles. The lowest BCUT2D eigenvalue weighted by Crippen LogP contribution is -2.08. The number of nitrogens with one attached hydrogen (secondary N) is 1. The molecule has 102 valence electrons. The van der Waals surface area contributed by atoms with E-state index in [-0.39, 0.29) is 5.28 Å². The van der Waals surface area contributed by atoms with Crippen LogP contribution in [-0.2, 0) is 0 Å². The van der Waals surface area contributed by atoms with Crippen molar-refractivity contribution in [2.75, 3.05) is 19.0 Å². The van der Waals surface area contributed by atoms with E-state index < -0.39 is 0 Å². The molecule has 0 radical (unpaired) electrons. The zero-order valence-corrected chi connectivity index (χ0v) is 11.7. The molecule has 3 aromatic rings. The maximum atomic E-state index is 5.87. The number of H-pyrrole nitrogens is 1. The van der Waals surface area contributed by atoms with E-state index in [2.05, 4.69) is 20.2 Å². The molecular weight excluding hydrogens is 278 g/mol. The highest BCUT2D eigenvalue weighted by molar-refractivity contribution is 6.28. The first-order valence-electron chi connectivity index (χ1n) is 5.95. The molecule has 0 atom stereocenters. The van der Waals surface area contributed by atoms with Crippen molar-refractivity contribution in [1.82, 2.24) is 20.2 Å². The first-order valence-corrected chi connectivity index (χ1v) is 6.33. The number of anilines is 1. The Hall–Kier alpha value is -2.34. The van der Waals surface area contributed by atoms with Gasteiger partial charge >= 0.3 is 0 Å². The Balaban J connectivity index is 2.00. The van der Waals surface area contributed by atoms with Crippen LogP contribution < -0.4 is 9.64 Å². The van der Waals surface area contributed by atoms with E-state index in [9.17, 15) is 0 Å². The molecule has 0 spiro atoms. The molecule has 0 saturated heterocycles. The van der Waals surface area contributed by atoms with Gasteiger partial charge in [0.2, 0.25) is 11.2 Å². The van der Waals surface area contributed by atoms with Crippen molar-refractivity contribution in [1.29, 1.82) is 0 Å². The summed E-state index contributed by atoms with van der Waals surface area (Å²) in [5.41, 5.74) is 1.58. The van der Waals surface area contributed by atoms with Crippen LogP contribution in [0.25, 0.3) is 11.0 Å². The van der Waals surface area contributed by atoms with Gasteiger partial charge in [-0.2, -0.15) is 15.1 Å². The minimum atomic E-state index is 0.112. The van der Waals surface area contributed by atoms with Crippen LogP contribution in [0.2, 0.25) is 5.28 Å². The summed E-state index contributed by atoms with van der Waals surface area (Å²) < 4.78 is 5.80. The van der Waals surface area contributed by atoms with Gasteiger partial charge in [0.25, 0.3) is 0 Å². The molecule has 3 rings (SSSR count). The number of benzene rings is 1. The van der Waals surface area contributed by atoms with Crippen LogP contribution in [-0.4, -0.2) is 34.3 Å². The van der Waals surface area contributed by atoms with E-state index in [1.165, 1.54) is 0 Å². The second-order valence-electron chi connectivity index (χ2n) is 4.42. The number of hydrogen-bond donors (Lipinski definition) is 1. The Morgan fingerprint density at radius 2 is 2.10 bits per heavy atom. The molecule has 0 bridgehead atoms. The molecule has 0 amide bonds. The summed E-state index contributed by atoms with van der Waals surface area (Å²) in [6.45, 7) is 0. The van der Waals surface area contributed by atoms with Crippen LogP contribution in [0.5, 0.6) is 11.6 Å². The summed E-state index contributed by atoms with van der Waals surface area (Å²) in [6, 6.07) is 7.68. The fourth-order valence-corrected chi connectivity index (χ4v) is 1.96. The van der Waals surface area contributed by atoms with Gasteiger partial charge in [0, 0.05) is 25.8 Å². The Morgan fingerprint density at radius 3 is 2.90 bits per heavy atom. The second kappa shape index (κ2) is 4.97. The molecule has 0 saturated carbocycles. The topological polar surface area (TPSA) is 66.9 Å². The van der Waals surface area contributed by atoms with Gasteiger partial charge in [0.05, 0.1) is 6.20 Å². The lowest BCUT2D eigenvalue weighted by molar-refractivity contribution is 0.468. The number of aromatic amines is 1. The van der Waals surface area contributed by atoms with E-state index in [1.54, 1.807) is 6.20 Å². The van der Waals surface area contributed by atoms with Crippen molar-refractivity contribution >= 4 is 28.3 Å². The highest BCUT2D eigenvalue weighted by Crippen LogP contribution is 2.29. The highest BCUT2D eigenvalue weighted by Gasteiger charge is 2.11. The standard InChI is InChI=1S/C13H12ClN5O/c1-19(2)8-4-3-5-9(6-8)20-12-10-7-15-18-11(10)16-13(14)17-12/h3-7H,1-2H3,(H,15,16,17,18). The van der Waals surface area contributed by atoms with Crippen molar-refractivity contribution in [2.24, 2.45) is 0 Å². The number of nitrogens with zero attached hydrogens (tertiary/aromatic N) is 4. The van der Waals surface area contributed by atoms with E-state index >= 15 is 0 Å². The van der Waals surface area contributed by atoms with Crippen molar-refractivity contribution < 1.29 is 4.74 Å². The van der Waals surface area contributed by atoms with Gasteiger partial charge < -0.3 is 9.64 Å². The van der Waals surface area contributed by atoms with Crippen molar-refractivity contribution in [3.8, 4) is 11.6 Å². The van der Waals surface area contributed by atoms with Crippen LogP contribution in [0.1, 0.15) is 0 Å². The molecule has 0 aliphatic heterocycles. The van der Waals surface area contributed by atoms with E-state index in [1.807, 2.05) is 43.3 Å². The van der Waals surface area contributed by atoms with Gasteiger partial charge in [-0.3, -0.25) is 5.10 Å². The number of ether oxygens (including phenoxy) is 1. The largest absolute Gasteiger partial charge is 0.438 e. The first-order chi connectivity index (χ1) is 9.63. The Morgan fingerprint density at radius 1 is 1.25 bits per heavy atom. The molecule has 6 nitrogen and oxygen atoms in total. The third kappa shape index (κ3) is 2.37. The summed E-state index contributed by atoms with van der Waals surface area (Å²) in [6.07, 6.45) is 1.61. The van der Waals surface area contributed by atoms with Crippen LogP contribution in [0.3, 0.4) is 0 Å². The van der Waals surface area contributed by atoms with E-state index in [0.717, 1.165) is 5.69 Å². The zero-order chi connectivity index (χ0) is 14.1. The number of rotatable bonds is 3. The van der Waals surface area contributed by atoms with Gasteiger partial charge in [-0.15, -0.1) is 0 Å². The van der Waals surface area contributed by atoms with Crippen LogP contribution in [0.15, 0.2) is 30.5 Å². The molecule has 0 fully saturated rings. The number of aromatic nitrogens is 4. The summed E-state index contributed by atoms with van der Waals surface area (Å²) >= 11 is 5.87. The Bertz CT molecular complexity index is 755. The molecule has 1 aromatic carbocycles. The van der Waals surface area contributed by atoms with Gasteiger partial charge in [-0.25, -0.2) is 0 Å². The fourth-order valence-electron chi connectivity index (χ4n) is 1.80. The summed E-state index contributed by atoms with van der Waals surface area (Å²) in [5, 5.41) is 7.45. The molecule has 7 heteroatoms. The Kier molecular flexibility index (Phi) is 3.15. The predicted molar refractivity (Wildman–Crippen MR) is 77.5 cm³/mol.